The molecule has 1 atom stereocenters. The molecule has 0 spiro atoms. The van der Waals surface area contributed by atoms with E-state index in [-0.39, 0.29) is 24.2 Å². The Kier molecular flexibility index (Phi) is 7.95. The van der Waals surface area contributed by atoms with Crippen LogP contribution < -0.4 is 19.7 Å². The van der Waals surface area contributed by atoms with E-state index in [2.05, 4.69) is 15.6 Å². The lowest BCUT2D eigenvalue weighted by molar-refractivity contribution is -0.127. The lowest BCUT2D eigenvalue weighted by Crippen LogP contribution is -2.47. The van der Waals surface area contributed by atoms with Gasteiger partial charge < -0.3 is 14.8 Å². The van der Waals surface area contributed by atoms with Crippen LogP contribution in [0.2, 0.25) is 0 Å². The predicted octanol–water partition coefficient (Wildman–Crippen LogP) is 4.73. The van der Waals surface area contributed by atoms with Gasteiger partial charge in [0.25, 0.3) is 0 Å². The Morgan fingerprint density at radius 3 is 2.42 bits per heavy atom. The highest BCUT2D eigenvalue weighted by Gasteiger charge is 2.35. The van der Waals surface area contributed by atoms with Crippen molar-refractivity contribution in [1.82, 2.24) is 20.3 Å². The van der Waals surface area contributed by atoms with Crippen LogP contribution in [0.5, 0.6) is 11.5 Å². The van der Waals surface area contributed by atoms with Gasteiger partial charge in [-0.25, -0.2) is 9.07 Å². The van der Waals surface area contributed by atoms with Crippen molar-refractivity contribution in [2.75, 3.05) is 19.1 Å². The van der Waals surface area contributed by atoms with Crippen LogP contribution in [0.1, 0.15) is 42.9 Å². The van der Waals surface area contributed by atoms with E-state index in [0.29, 0.717) is 33.7 Å². The van der Waals surface area contributed by atoms with Gasteiger partial charge in [0.2, 0.25) is 11.8 Å². The van der Waals surface area contributed by atoms with E-state index in [9.17, 15) is 14.0 Å². The molecule has 4 aromatic rings. The Bertz CT molecular complexity index is 1510. The van der Waals surface area contributed by atoms with Crippen molar-refractivity contribution < 1.29 is 23.5 Å². The van der Waals surface area contributed by atoms with Crippen molar-refractivity contribution in [3.8, 4) is 11.5 Å². The summed E-state index contributed by atoms with van der Waals surface area (Å²) in [5, 5.41) is 11.4. The van der Waals surface area contributed by atoms with Crippen LogP contribution in [0.3, 0.4) is 0 Å². The number of halogens is 1. The molecule has 208 valence electrons. The van der Waals surface area contributed by atoms with E-state index in [0.717, 1.165) is 25.7 Å². The summed E-state index contributed by atoms with van der Waals surface area (Å²) in [7, 11) is 3.03. The van der Waals surface area contributed by atoms with Gasteiger partial charge in [-0.15, -0.1) is 5.10 Å². The van der Waals surface area contributed by atoms with Crippen molar-refractivity contribution >= 4 is 28.5 Å². The first-order valence-corrected chi connectivity index (χ1v) is 13.3. The van der Waals surface area contributed by atoms with Gasteiger partial charge in [0.05, 0.1) is 19.7 Å². The highest BCUT2D eigenvalue weighted by Crippen LogP contribution is 2.34. The summed E-state index contributed by atoms with van der Waals surface area (Å²) in [5.41, 5.74) is 2.43. The average molecular weight is 546 g/mol. The lowest BCUT2D eigenvalue weighted by Gasteiger charge is -2.33. The third kappa shape index (κ3) is 5.61. The molecule has 3 aromatic carbocycles. The van der Waals surface area contributed by atoms with E-state index in [1.165, 1.54) is 29.9 Å². The first-order chi connectivity index (χ1) is 19.4. The summed E-state index contributed by atoms with van der Waals surface area (Å²) in [6.45, 7) is 1.42. The van der Waals surface area contributed by atoms with Crippen LogP contribution >= 0.6 is 0 Å². The zero-order valence-electron chi connectivity index (χ0n) is 22.8. The summed E-state index contributed by atoms with van der Waals surface area (Å²) in [4.78, 5) is 29.6. The second-order valence-corrected chi connectivity index (χ2v) is 9.97. The van der Waals surface area contributed by atoms with Crippen molar-refractivity contribution in [3.05, 3.63) is 77.6 Å². The number of para-hydroxylation sites is 1. The number of benzene rings is 3. The van der Waals surface area contributed by atoms with Gasteiger partial charge in [0.1, 0.15) is 35.4 Å². The summed E-state index contributed by atoms with van der Waals surface area (Å²) in [5.74, 6) is -0.414. The van der Waals surface area contributed by atoms with Gasteiger partial charge in [-0.3, -0.25) is 14.5 Å². The molecule has 1 aliphatic carbocycles. The molecule has 1 unspecified atom stereocenters. The first-order valence-electron chi connectivity index (χ1n) is 13.3. The molecule has 1 aliphatic rings. The molecule has 0 radical (unpaired) electrons. The van der Waals surface area contributed by atoms with E-state index < -0.39 is 17.8 Å². The number of anilines is 1. The number of nitrogens with zero attached hydrogens (tertiary/aromatic N) is 4. The molecule has 0 saturated heterocycles. The molecule has 10 heteroatoms. The molecule has 40 heavy (non-hydrogen) atoms. The second-order valence-electron chi connectivity index (χ2n) is 9.97. The molecule has 1 N–H and O–H groups in total. The molecule has 2 amide bonds. The van der Waals surface area contributed by atoms with Gasteiger partial charge in [0, 0.05) is 17.8 Å². The summed E-state index contributed by atoms with van der Waals surface area (Å²) in [6, 6.07) is 15.7. The number of carbonyl (C=O) groups excluding carboxylic acids is 2. The van der Waals surface area contributed by atoms with Gasteiger partial charge in [-0.2, -0.15) is 0 Å². The molecule has 1 saturated carbocycles. The van der Waals surface area contributed by atoms with Crippen molar-refractivity contribution in [2.45, 2.75) is 51.2 Å². The number of aryl methyl sites for hydroxylation is 1. The number of amides is 2. The molecule has 0 aliphatic heterocycles. The molecule has 1 aromatic heterocycles. The monoisotopic (exact) mass is 545 g/mol. The number of carbonyl (C=O) groups is 2. The van der Waals surface area contributed by atoms with Crippen molar-refractivity contribution in [3.63, 3.8) is 0 Å². The molecule has 5 rings (SSSR count). The SMILES string of the molecule is COc1cc(OC)cc(C(C(=O)NC2CCCC2)N(C(=O)Cn2nnc3ccccc32)c2ccc(C)c(F)c2)c1. The topological polar surface area (TPSA) is 98.6 Å². The number of aromatic nitrogens is 3. The number of hydrogen-bond donors (Lipinski definition) is 1. The van der Waals surface area contributed by atoms with Gasteiger partial charge in [-0.05, 0) is 67.3 Å². The minimum Gasteiger partial charge on any atom is -0.497 e. The van der Waals surface area contributed by atoms with Gasteiger partial charge >= 0.3 is 0 Å². The number of nitrogens with one attached hydrogen (secondary N) is 1. The molecule has 0 bridgehead atoms. The first kappa shape index (κ1) is 27.1. The predicted molar refractivity (Wildman–Crippen MR) is 149 cm³/mol. The highest BCUT2D eigenvalue weighted by molar-refractivity contribution is 6.01. The maximum atomic E-state index is 14.9. The molecular formula is C30H32FN5O4. The van der Waals surface area contributed by atoms with Gasteiger partial charge in [-0.1, -0.05) is 36.3 Å². The van der Waals surface area contributed by atoms with Crippen LogP contribution in [0.15, 0.2) is 60.7 Å². The minimum atomic E-state index is -1.14. The fourth-order valence-corrected chi connectivity index (χ4v) is 5.16. The minimum absolute atomic E-state index is 0.00605. The smallest absolute Gasteiger partial charge is 0.249 e. The molecule has 1 fully saturated rings. The van der Waals surface area contributed by atoms with E-state index in [1.54, 1.807) is 43.3 Å². The van der Waals surface area contributed by atoms with E-state index in [1.807, 2.05) is 18.2 Å². The van der Waals surface area contributed by atoms with Crippen LogP contribution in [0.4, 0.5) is 10.1 Å². The average Bonchev–Trinajstić information content (AvgIpc) is 3.63. The van der Waals surface area contributed by atoms with E-state index >= 15 is 0 Å². The van der Waals surface area contributed by atoms with Gasteiger partial charge in [0.15, 0.2) is 0 Å². The third-order valence-electron chi connectivity index (χ3n) is 7.31. The number of hydrogen-bond acceptors (Lipinski definition) is 6. The van der Waals surface area contributed by atoms with Crippen molar-refractivity contribution in [2.24, 2.45) is 0 Å². The number of methoxy groups -OCH3 is 2. The fraction of sp³-hybridized carbons (Fsp3) is 0.333. The normalized spacial score (nSPS) is 14.2. The highest BCUT2D eigenvalue weighted by atomic mass is 19.1. The van der Waals surface area contributed by atoms with E-state index in [4.69, 9.17) is 9.47 Å². The molecule has 1 heterocycles. The second kappa shape index (κ2) is 11.7. The third-order valence-corrected chi connectivity index (χ3v) is 7.31. The number of rotatable bonds is 9. The molecule has 9 nitrogen and oxygen atoms in total. The van der Waals surface area contributed by atoms with Crippen molar-refractivity contribution in [1.29, 1.82) is 0 Å². The Morgan fingerprint density at radius 1 is 1.05 bits per heavy atom. The van der Waals surface area contributed by atoms with Crippen LogP contribution in [-0.2, 0) is 16.1 Å². The Hall–Kier alpha value is -4.47. The van der Waals surface area contributed by atoms with Crippen LogP contribution in [0, 0.1) is 12.7 Å². The molecular weight excluding hydrogens is 513 g/mol. The lowest BCUT2D eigenvalue weighted by atomic mass is 10.0. The maximum Gasteiger partial charge on any atom is 0.249 e. The number of ether oxygens (including phenoxy) is 2. The fourth-order valence-electron chi connectivity index (χ4n) is 5.16. The quantitative estimate of drug-likeness (QED) is 0.327. The zero-order chi connectivity index (χ0) is 28.2. The van der Waals surface area contributed by atoms with Crippen LogP contribution in [0.25, 0.3) is 11.0 Å². The Morgan fingerprint density at radius 2 is 1.75 bits per heavy atom. The summed E-state index contributed by atoms with van der Waals surface area (Å²) >= 11 is 0. The Labute approximate surface area is 231 Å². The standard InChI is InChI=1S/C30H32FN5O4/c1-19-12-13-22(16-25(19)31)36(28(37)18-35-27-11-7-6-10-26(27)33-34-35)29(30(38)32-21-8-4-5-9-21)20-14-23(39-2)17-24(15-20)40-3/h6-7,10-17,21,29H,4-5,8-9,18H2,1-3H3,(H,32,38). The maximum absolute atomic E-state index is 14.9. The number of fused-ring (bicyclic) bond motifs is 1. The largest absolute Gasteiger partial charge is 0.497 e. The van der Waals surface area contributed by atoms with Crippen LogP contribution in [-0.4, -0.2) is 47.1 Å². The summed E-state index contributed by atoms with van der Waals surface area (Å²) < 4.78 is 27.3. The zero-order valence-corrected chi connectivity index (χ0v) is 22.8. The summed E-state index contributed by atoms with van der Waals surface area (Å²) in [6.07, 6.45) is 3.76. The Balaban J connectivity index is 1.64.